The van der Waals surface area contributed by atoms with Gasteiger partial charge in [0.05, 0.1) is 17.8 Å². The van der Waals surface area contributed by atoms with Crippen LogP contribution >= 0.6 is 0 Å². The first kappa shape index (κ1) is 21.8. The van der Waals surface area contributed by atoms with Gasteiger partial charge in [-0.25, -0.2) is 8.42 Å². The Balaban J connectivity index is 2.03. The number of sulfone groups is 1. The molecule has 1 heterocycles. The first-order valence-electron chi connectivity index (χ1n) is 8.86. The van der Waals surface area contributed by atoms with Crippen LogP contribution in [0.4, 0.5) is 0 Å². The summed E-state index contributed by atoms with van der Waals surface area (Å²) < 4.78 is 29.4. The molecule has 0 spiro atoms. The molecule has 0 aliphatic carbocycles. The Morgan fingerprint density at radius 2 is 1.86 bits per heavy atom. The third kappa shape index (κ3) is 5.52. The summed E-state index contributed by atoms with van der Waals surface area (Å²) in [6, 6.07) is 7.38. The van der Waals surface area contributed by atoms with Crippen molar-refractivity contribution in [3.05, 3.63) is 30.3 Å². The summed E-state index contributed by atoms with van der Waals surface area (Å²) in [4.78, 5) is 39.4. The van der Waals surface area contributed by atoms with Gasteiger partial charge in [0, 0.05) is 33.2 Å². The molecule has 28 heavy (non-hydrogen) atoms. The normalized spacial score (nSPS) is 17.8. The number of carbonyl (C=O) groups is 3. The van der Waals surface area contributed by atoms with Crippen LogP contribution in [0.15, 0.2) is 35.2 Å². The number of likely N-dealkylation sites (N-methyl/N-ethyl adjacent to an activating group) is 1. The molecule has 0 saturated carbocycles. The van der Waals surface area contributed by atoms with Crippen LogP contribution in [0.3, 0.4) is 0 Å². The smallest absolute Gasteiger partial charge is 0.315 e. The van der Waals surface area contributed by atoms with Crippen LogP contribution in [-0.4, -0.2) is 88.1 Å². The number of ether oxygens (including phenoxy) is 1. The van der Waals surface area contributed by atoms with E-state index in [4.69, 9.17) is 0 Å². The fraction of sp³-hybridized carbons (Fsp3) is 0.500. The standard InChI is InChI=1S/C18H25N3O6S/c1-19-18(24)15-13-20(8-9-21(15)16(22)12-17(23)27-2)10-11-28(25,26)14-6-4-3-5-7-14/h3-7,15H,8-13H2,1-2H3,(H,19,24). The van der Waals surface area contributed by atoms with E-state index in [0.717, 1.165) is 0 Å². The number of amides is 2. The molecule has 1 aromatic rings. The summed E-state index contributed by atoms with van der Waals surface area (Å²) >= 11 is 0. The summed E-state index contributed by atoms with van der Waals surface area (Å²) in [5.74, 6) is -1.61. The van der Waals surface area contributed by atoms with Gasteiger partial charge in [-0.05, 0) is 12.1 Å². The Kier molecular flexibility index (Phi) is 7.53. The van der Waals surface area contributed by atoms with E-state index < -0.39 is 34.2 Å². The Morgan fingerprint density at radius 1 is 1.18 bits per heavy atom. The van der Waals surface area contributed by atoms with Crippen LogP contribution in [0.1, 0.15) is 6.42 Å². The maximum Gasteiger partial charge on any atom is 0.315 e. The zero-order valence-corrected chi connectivity index (χ0v) is 16.8. The molecular weight excluding hydrogens is 386 g/mol. The molecule has 2 rings (SSSR count). The van der Waals surface area contributed by atoms with Crippen LogP contribution < -0.4 is 5.32 Å². The third-order valence-electron chi connectivity index (χ3n) is 4.64. The minimum Gasteiger partial charge on any atom is -0.469 e. The number of esters is 1. The molecule has 0 radical (unpaired) electrons. The Hall–Kier alpha value is -2.46. The van der Waals surface area contributed by atoms with Crippen molar-refractivity contribution in [1.29, 1.82) is 0 Å². The number of nitrogens with one attached hydrogen (secondary N) is 1. The van der Waals surface area contributed by atoms with Crippen LogP contribution in [0.5, 0.6) is 0 Å². The molecular formula is C18H25N3O6S. The number of piperazine rings is 1. The van der Waals surface area contributed by atoms with Crippen LogP contribution in [0.2, 0.25) is 0 Å². The molecule has 10 heteroatoms. The fourth-order valence-corrected chi connectivity index (χ4v) is 4.33. The summed E-state index contributed by atoms with van der Waals surface area (Å²) in [6.07, 6.45) is -0.438. The number of benzene rings is 1. The van der Waals surface area contributed by atoms with Crippen molar-refractivity contribution in [1.82, 2.24) is 15.1 Å². The number of hydrogen-bond donors (Lipinski definition) is 1. The zero-order chi connectivity index (χ0) is 20.7. The molecule has 1 unspecified atom stereocenters. The highest BCUT2D eigenvalue weighted by atomic mass is 32.2. The number of methoxy groups -OCH3 is 1. The van der Waals surface area contributed by atoms with Gasteiger partial charge in [0.2, 0.25) is 11.8 Å². The lowest BCUT2D eigenvalue weighted by molar-refractivity contribution is -0.151. The minimum absolute atomic E-state index is 0.0897. The number of carbonyl (C=O) groups excluding carboxylic acids is 3. The average Bonchev–Trinajstić information content (AvgIpc) is 2.72. The topological polar surface area (TPSA) is 113 Å². The van der Waals surface area contributed by atoms with Gasteiger partial charge >= 0.3 is 5.97 Å². The van der Waals surface area contributed by atoms with E-state index >= 15 is 0 Å². The number of hydrogen-bond acceptors (Lipinski definition) is 7. The van der Waals surface area contributed by atoms with Crippen LogP contribution in [0, 0.1) is 0 Å². The first-order chi connectivity index (χ1) is 13.3. The predicted octanol–water partition coefficient (Wildman–Crippen LogP) is -0.718. The lowest BCUT2D eigenvalue weighted by Crippen LogP contribution is -2.60. The second kappa shape index (κ2) is 9.65. The van der Waals surface area contributed by atoms with Crippen molar-refractivity contribution in [3.8, 4) is 0 Å². The fourth-order valence-electron chi connectivity index (χ4n) is 3.02. The van der Waals surface area contributed by atoms with Gasteiger partial charge in [-0.15, -0.1) is 0 Å². The molecule has 0 bridgehead atoms. The highest BCUT2D eigenvalue weighted by Gasteiger charge is 2.35. The molecule has 1 N–H and O–H groups in total. The average molecular weight is 411 g/mol. The summed E-state index contributed by atoms with van der Waals surface area (Å²) in [5, 5.41) is 2.51. The largest absolute Gasteiger partial charge is 0.469 e. The molecule has 1 aliphatic heterocycles. The van der Waals surface area contributed by atoms with Gasteiger partial charge < -0.3 is 15.0 Å². The second-order valence-corrected chi connectivity index (χ2v) is 8.51. The molecule has 0 aromatic heterocycles. The van der Waals surface area contributed by atoms with Crippen molar-refractivity contribution in [3.63, 3.8) is 0 Å². The maximum absolute atomic E-state index is 12.5. The quantitative estimate of drug-likeness (QED) is 0.465. The summed E-state index contributed by atoms with van der Waals surface area (Å²) in [5.41, 5.74) is 0. The monoisotopic (exact) mass is 411 g/mol. The molecule has 1 atom stereocenters. The van der Waals surface area contributed by atoms with Gasteiger partial charge in [-0.2, -0.15) is 0 Å². The highest BCUT2D eigenvalue weighted by Crippen LogP contribution is 2.15. The summed E-state index contributed by atoms with van der Waals surface area (Å²) in [6.45, 7) is 1.06. The van der Waals surface area contributed by atoms with Gasteiger partial charge in [0.15, 0.2) is 9.84 Å². The molecule has 154 valence electrons. The van der Waals surface area contributed by atoms with E-state index in [9.17, 15) is 22.8 Å². The van der Waals surface area contributed by atoms with Gasteiger partial charge in [0.25, 0.3) is 0 Å². The van der Waals surface area contributed by atoms with E-state index in [1.54, 1.807) is 30.3 Å². The lowest BCUT2D eigenvalue weighted by atomic mass is 10.1. The van der Waals surface area contributed by atoms with E-state index in [1.165, 1.54) is 19.1 Å². The molecule has 9 nitrogen and oxygen atoms in total. The Morgan fingerprint density at radius 3 is 2.46 bits per heavy atom. The van der Waals surface area contributed by atoms with E-state index in [-0.39, 0.29) is 36.2 Å². The van der Waals surface area contributed by atoms with Crippen molar-refractivity contribution in [2.45, 2.75) is 17.4 Å². The lowest BCUT2D eigenvalue weighted by Gasteiger charge is -2.40. The van der Waals surface area contributed by atoms with Crippen molar-refractivity contribution < 1.29 is 27.5 Å². The predicted molar refractivity (Wildman–Crippen MR) is 101 cm³/mol. The summed E-state index contributed by atoms with van der Waals surface area (Å²) in [7, 11) is -0.782. The first-order valence-corrected chi connectivity index (χ1v) is 10.5. The van der Waals surface area contributed by atoms with Gasteiger partial charge in [-0.3, -0.25) is 19.3 Å². The highest BCUT2D eigenvalue weighted by molar-refractivity contribution is 7.91. The van der Waals surface area contributed by atoms with E-state index in [2.05, 4.69) is 10.1 Å². The molecule has 1 aromatic carbocycles. The Labute approximate surface area is 164 Å². The Bertz CT molecular complexity index is 812. The number of rotatable bonds is 7. The SMILES string of the molecule is CNC(=O)C1CN(CCS(=O)(=O)c2ccccc2)CCN1C(=O)CC(=O)OC. The third-order valence-corrected chi connectivity index (χ3v) is 6.35. The van der Waals surface area contributed by atoms with Crippen molar-refractivity contribution in [2.75, 3.05) is 46.1 Å². The number of nitrogens with zero attached hydrogens (tertiary/aromatic N) is 2. The molecule has 1 aliphatic rings. The van der Waals surface area contributed by atoms with Crippen LogP contribution in [-0.2, 0) is 29.0 Å². The van der Waals surface area contributed by atoms with Gasteiger partial charge in [-0.1, -0.05) is 18.2 Å². The maximum atomic E-state index is 12.5. The molecule has 1 saturated heterocycles. The van der Waals surface area contributed by atoms with Crippen LogP contribution in [0.25, 0.3) is 0 Å². The minimum atomic E-state index is -3.44. The second-order valence-electron chi connectivity index (χ2n) is 6.40. The zero-order valence-electron chi connectivity index (χ0n) is 16.0. The van der Waals surface area contributed by atoms with E-state index in [0.29, 0.717) is 6.54 Å². The molecule has 1 fully saturated rings. The van der Waals surface area contributed by atoms with Crippen molar-refractivity contribution >= 4 is 27.6 Å². The van der Waals surface area contributed by atoms with Gasteiger partial charge in [0.1, 0.15) is 12.5 Å². The van der Waals surface area contributed by atoms with E-state index in [1.807, 2.05) is 4.90 Å². The molecule has 2 amide bonds. The van der Waals surface area contributed by atoms with Crippen molar-refractivity contribution in [2.24, 2.45) is 0 Å².